The number of nitrogens with one attached hydrogen (secondary N) is 1. The minimum Gasteiger partial charge on any atom is -0.363 e. The second-order valence-corrected chi connectivity index (χ2v) is 5.65. The van der Waals surface area contributed by atoms with Crippen LogP contribution >= 0.6 is 11.6 Å². The van der Waals surface area contributed by atoms with E-state index in [-0.39, 0.29) is 11.1 Å². The Morgan fingerprint density at radius 2 is 2.12 bits per heavy atom. The Kier molecular flexibility index (Phi) is 4.43. The lowest BCUT2D eigenvalue weighted by Gasteiger charge is -2.13. The summed E-state index contributed by atoms with van der Waals surface area (Å²) in [6.45, 7) is 0. The molecule has 0 aromatic carbocycles. The molecule has 24 heavy (non-hydrogen) atoms. The highest BCUT2D eigenvalue weighted by Crippen LogP contribution is 2.18. The van der Waals surface area contributed by atoms with Crippen LogP contribution < -0.4 is 10.2 Å². The fourth-order valence-electron chi connectivity index (χ4n) is 2.05. The van der Waals surface area contributed by atoms with Crippen LogP contribution in [0.5, 0.6) is 0 Å². The van der Waals surface area contributed by atoms with Gasteiger partial charge in [-0.05, 0) is 24.3 Å². The molecule has 3 aromatic heterocycles. The third-order valence-corrected chi connectivity index (χ3v) is 3.47. The van der Waals surface area contributed by atoms with Crippen LogP contribution in [0.2, 0.25) is 5.15 Å². The van der Waals surface area contributed by atoms with Gasteiger partial charge in [0.15, 0.2) is 0 Å². The van der Waals surface area contributed by atoms with Gasteiger partial charge in [0.25, 0.3) is 5.91 Å². The molecule has 0 unspecified atom stereocenters. The molecule has 0 atom stereocenters. The number of rotatable bonds is 4. The molecule has 0 spiro atoms. The predicted octanol–water partition coefficient (Wildman–Crippen LogP) is 2.63. The van der Waals surface area contributed by atoms with Gasteiger partial charge in [0.05, 0.1) is 11.9 Å². The third kappa shape index (κ3) is 3.52. The normalized spacial score (nSPS) is 10.5. The number of carbonyl (C=O) groups is 1. The molecule has 0 radical (unpaired) electrons. The van der Waals surface area contributed by atoms with Crippen molar-refractivity contribution in [3.8, 4) is 5.82 Å². The summed E-state index contributed by atoms with van der Waals surface area (Å²) in [4.78, 5) is 26.6. The first-order valence-electron chi connectivity index (χ1n) is 7.13. The van der Waals surface area contributed by atoms with Crippen LogP contribution in [0.1, 0.15) is 10.4 Å². The van der Waals surface area contributed by atoms with Gasteiger partial charge in [-0.3, -0.25) is 9.36 Å². The van der Waals surface area contributed by atoms with E-state index in [9.17, 15) is 4.79 Å². The lowest BCUT2D eigenvalue weighted by Crippen LogP contribution is -2.15. The molecule has 8 heteroatoms. The average molecular weight is 343 g/mol. The van der Waals surface area contributed by atoms with Gasteiger partial charge < -0.3 is 10.2 Å². The summed E-state index contributed by atoms with van der Waals surface area (Å²) in [6, 6.07) is 6.77. The van der Waals surface area contributed by atoms with Crippen molar-refractivity contribution >= 4 is 29.0 Å². The van der Waals surface area contributed by atoms with Crippen molar-refractivity contribution in [1.29, 1.82) is 0 Å². The van der Waals surface area contributed by atoms with E-state index in [0.717, 1.165) is 0 Å². The average Bonchev–Trinajstić information content (AvgIpc) is 3.09. The molecule has 0 fully saturated rings. The molecule has 0 saturated carbocycles. The van der Waals surface area contributed by atoms with E-state index >= 15 is 0 Å². The fourth-order valence-corrected chi connectivity index (χ4v) is 2.26. The Bertz CT molecular complexity index is 846. The van der Waals surface area contributed by atoms with Gasteiger partial charge in [0.1, 0.15) is 23.1 Å². The summed E-state index contributed by atoms with van der Waals surface area (Å²) in [5.74, 6) is 1.05. The quantitative estimate of drug-likeness (QED) is 0.738. The minimum atomic E-state index is -0.278. The molecule has 122 valence electrons. The summed E-state index contributed by atoms with van der Waals surface area (Å²) in [6.07, 6.45) is 6.71. The van der Waals surface area contributed by atoms with E-state index < -0.39 is 0 Å². The summed E-state index contributed by atoms with van der Waals surface area (Å²) in [7, 11) is 3.66. The van der Waals surface area contributed by atoms with Crippen molar-refractivity contribution in [2.75, 3.05) is 24.3 Å². The molecule has 0 saturated heterocycles. The maximum Gasteiger partial charge on any atom is 0.255 e. The zero-order valence-electron chi connectivity index (χ0n) is 13.1. The maximum atomic E-state index is 12.4. The molecular weight excluding hydrogens is 328 g/mol. The number of imidazole rings is 1. The number of amides is 1. The van der Waals surface area contributed by atoms with E-state index in [1.807, 2.05) is 14.1 Å². The van der Waals surface area contributed by atoms with Crippen LogP contribution in [0, 0.1) is 0 Å². The first kappa shape index (κ1) is 15.9. The molecule has 1 N–H and O–H groups in total. The van der Waals surface area contributed by atoms with Gasteiger partial charge in [-0.2, -0.15) is 0 Å². The molecule has 3 aromatic rings. The fraction of sp³-hybridized carbons (Fsp3) is 0.125. The van der Waals surface area contributed by atoms with E-state index in [0.29, 0.717) is 22.9 Å². The summed E-state index contributed by atoms with van der Waals surface area (Å²) >= 11 is 5.98. The number of carbonyl (C=O) groups excluding carboxylic acids is 1. The lowest BCUT2D eigenvalue weighted by atomic mass is 10.2. The van der Waals surface area contributed by atoms with Crippen molar-refractivity contribution < 1.29 is 4.79 Å². The van der Waals surface area contributed by atoms with Crippen LogP contribution in [0.25, 0.3) is 5.82 Å². The maximum absolute atomic E-state index is 12.4. The first-order chi connectivity index (χ1) is 11.5. The molecule has 0 aliphatic rings. The number of halogens is 1. The first-order valence-corrected chi connectivity index (χ1v) is 7.51. The van der Waals surface area contributed by atoms with E-state index in [4.69, 9.17) is 11.6 Å². The van der Waals surface area contributed by atoms with Crippen LogP contribution in [0.4, 0.5) is 11.5 Å². The van der Waals surface area contributed by atoms with E-state index in [2.05, 4.69) is 20.3 Å². The zero-order chi connectivity index (χ0) is 17.1. The number of hydrogen-bond acceptors (Lipinski definition) is 5. The Morgan fingerprint density at radius 1 is 1.29 bits per heavy atom. The standard InChI is InChI=1S/C16H15ClN6O/c1-22(2)15-8-11(7-13(17)21-15)16(24)20-12-3-4-14(19-9-12)23-6-5-18-10-23/h3-10H,1-2H3,(H,20,24). The van der Waals surface area contributed by atoms with Crippen molar-refractivity contribution in [2.45, 2.75) is 0 Å². The Balaban J connectivity index is 1.77. The highest BCUT2D eigenvalue weighted by atomic mass is 35.5. The molecule has 3 rings (SSSR count). The molecule has 7 nitrogen and oxygen atoms in total. The van der Waals surface area contributed by atoms with E-state index in [1.165, 1.54) is 6.07 Å². The highest BCUT2D eigenvalue weighted by molar-refractivity contribution is 6.30. The van der Waals surface area contributed by atoms with Crippen LogP contribution in [0.3, 0.4) is 0 Å². The summed E-state index contributed by atoms with van der Waals surface area (Å²) < 4.78 is 1.78. The summed E-state index contributed by atoms with van der Waals surface area (Å²) in [5, 5.41) is 3.06. The molecule has 3 heterocycles. The van der Waals surface area contributed by atoms with Crippen molar-refractivity contribution in [3.05, 3.63) is 59.9 Å². The molecule has 0 bridgehead atoms. The van der Waals surface area contributed by atoms with Gasteiger partial charge in [0.2, 0.25) is 0 Å². The van der Waals surface area contributed by atoms with Crippen LogP contribution in [-0.4, -0.2) is 39.5 Å². The second-order valence-electron chi connectivity index (χ2n) is 5.26. The van der Waals surface area contributed by atoms with Crippen molar-refractivity contribution in [1.82, 2.24) is 19.5 Å². The van der Waals surface area contributed by atoms with Gasteiger partial charge >= 0.3 is 0 Å². The molecule has 0 aliphatic carbocycles. The van der Waals surface area contributed by atoms with Crippen molar-refractivity contribution in [3.63, 3.8) is 0 Å². The van der Waals surface area contributed by atoms with Crippen LogP contribution in [-0.2, 0) is 0 Å². The minimum absolute atomic E-state index is 0.264. The van der Waals surface area contributed by atoms with Gasteiger partial charge in [0, 0.05) is 32.1 Å². The second kappa shape index (κ2) is 6.67. The number of anilines is 2. The predicted molar refractivity (Wildman–Crippen MR) is 92.9 cm³/mol. The number of pyridine rings is 2. The smallest absolute Gasteiger partial charge is 0.255 e. The number of nitrogens with zero attached hydrogens (tertiary/aromatic N) is 5. The Morgan fingerprint density at radius 3 is 2.75 bits per heavy atom. The number of hydrogen-bond donors (Lipinski definition) is 1. The van der Waals surface area contributed by atoms with Crippen LogP contribution in [0.15, 0.2) is 49.2 Å². The van der Waals surface area contributed by atoms with Crippen molar-refractivity contribution in [2.24, 2.45) is 0 Å². The third-order valence-electron chi connectivity index (χ3n) is 3.28. The Hall–Kier alpha value is -2.93. The summed E-state index contributed by atoms with van der Waals surface area (Å²) in [5.41, 5.74) is 1.01. The van der Waals surface area contributed by atoms with E-state index in [1.54, 1.807) is 52.6 Å². The number of aromatic nitrogens is 4. The molecule has 1 amide bonds. The van der Waals surface area contributed by atoms with Gasteiger partial charge in [-0.25, -0.2) is 15.0 Å². The zero-order valence-corrected chi connectivity index (χ0v) is 13.9. The molecule has 0 aliphatic heterocycles. The topological polar surface area (TPSA) is 75.9 Å². The van der Waals surface area contributed by atoms with Gasteiger partial charge in [-0.15, -0.1) is 0 Å². The highest BCUT2D eigenvalue weighted by Gasteiger charge is 2.11. The monoisotopic (exact) mass is 342 g/mol. The SMILES string of the molecule is CN(C)c1cc(C(=O)Nc2ccc(-n3ccnc3)nc2)cc(Cl)n1. The van der Waals surface area contributed by atoms with Gasteiger partial charge in [-0.1, -0.05) is 11.6 Å². The Labute approximate surface area is 143 Å². The lowest BCUT2D eigenvalue weighted by molar-refractivity contribution is 0.102. The molecular formula is C16H15ClN6O. The largest absolute Gasteiger partial charge is 0.363 e.